The van der Waals surface area contributed by atoms with Crippen LogP contribution in [0.1, 0.15) is 22.3 Å². The molecule has 0 aromatic heterocycles. The Hall–Kier alpha value is -2.63. The second-order valence-electron chi connectivity index (χ2n) is 4.95. The van der Waals surface area contributed by atoms with E-state index in [9.17, 15) is 27.5 Å². The molecule has 0 saturated carbocycles. The van der Waals surface area contributed by atoms with Crippen molar-refractivity contribution < 1.29 is 27.5 Å². The smallest absolute Gasteiger partial charge is 0.416 e. The number of carbonyl (C=O) groups is 1. The molecule has 1 N–H and O–H groups in total. The Kier molecular flexibility index (Phi) is 4.54. The van der Waals surface area contributed by atoms with E-state index in [-0.39, 0.29) is 16.7 Å². The number of rotatable bonds is 3. The molecule has 0 aliphatic carbocycles. The number of benzene rings is 2. The number of carboxylic acid groups (broad SMARTS) is 1. The molecule has 0 fully saturated rings. The third kappa shape index (κ3) is 3.97. The van der Waals surface area contributed by atoms with E-state index < -0.39 is 23.5 Å². The van der Waals surface area contributed by atoms with Crippen molar-refractivity contribution in [2.45, 2.75) is 13.1 Å². The molecule has 2 rings (SSSR count). The number of hydrogen-bond donors (Lipinski definition) is 1. The van der Waals surface area contributed by atoms with Crippen LogP contribution >= 0.6 is 0 Å². The van der Waals surface area contributed by atoms with E-state index in [0.29, 0.717) is 5.56 Å². The van der Waals surface area contributed by atoms with Crippen LogP contribution in [0.3, 0.4) is 0 Å². The van der Waals surface area contributed by atoms with Crippen LogP contribution in [0.2, 0.25) is 0 Å². The van der Waals surface area contributed by atoms with Crippen LogP contribution in [0.4, 0.5) is 17.6 Å². The third-order valence-corrected chi connectivity index (χ3v) is 3.24. The van der Waals surface area contributed by atoms with Gasteiger partial charge in [-0.3, -0.25) is 0 Å². The van der Waals surface area contributed by atoms with Crippen LogP contribution in [0.5, 0.6) is 0 Å². The minimum atomic E-state index is -4.52. The van der Waals surface area contributed by atoms with Crippen molar-refractivity contribution in [2.24, 2.45) is 0 Å². The molecule has 0 spiro atoms. The van der Waals surface area contributed by atoms with E-state index in [1.165, 1.54) is 31.2 Å². The van der Waals surface area contributed by atoms with Gasteiger partial charge in [-0.1, -0.05) is 24.3 Å². The van der Waals surface area contributed by atoms with Crippen molar-refractivity contribution in [1.82, 2.24) is 0 Å². The predicted octanol–water partition coefficient (Wildman–Crippen LogP) is 4.78. The van der Waals surface area contributed by atoms with Crippen molar-refractivity contribution in [1.29, 1.82) is 0 Å². The van der Waals surface area contributed by atoms with Crippen LogP contribution in [0.25, 0.3) is 11.6 Å². The van der Waals surface area contributed by atoms with Crippen LogP contribution in [-0.4, -0.2) is 11.1 Å². The fourth-order valence-corrected chi connectivity index (χ4v) is 2.00. The quantitative estimate of drug-likeness (QED) is 0.501. The number of aryl methyl sites for hydroxylation is 1. The molecule has 2 aromatic rings. The van der Waals surface area contributed by atoms with E-state index in [1.54, 1.807) is 0 Å². The van der Waals surface area contributed by atoms with Gasteiger partial charge < -0.3 is 5.11 Å². The molecule has 0 saturated heterocycles. The van der Waals surface area contributed by atoms with Gasteiger partial charge in [0.1, 0.15) is 5.82 Å². The maximum Gasteiger partial charge on any atom is 0.416 e. The van der Waals surface area contributed by atoms with Crippen molar-refractivity contribution in [2.75, 3.05) is 0 Å². The first-order chi connectivity index (χ1) is 10.7. The summed E-state index contributed by atoms with van der Waals surface area (Å²) in [5.41, 5.74) is -0.678. The first-order valence-electron chi connectivity index (χ1n) is 6.57. The van der Waals surface area contributed by atoms with Gasteiger partial charge in [0, 0.05) is 0 Å². The lowest BCUT2D eigenvalue weighted by Gasteiger charge is -2.08. The van der Waals surface area contributed by atoms with Crippen LogP contribution < -0.4 is 0 Å². The van der Waals surface area contributed by atoms with Crippen LogP contribution in [0, 0.1) is 12.7 Å². The molecule has 0 heterocycles. The Morgan fingerprint density at radius 1 is 1.13 bits per heavy atom. The van der Waals surface area contributed by atoms with Gasteiger partial charge in [0.15, 0.2) is 0 Å². The van der Waals surface area contributed by atoms with Crippen molar-refractivity contribution in [3.05, 3.63) is 70.5 Å². The topological polar surface area (TPSA) is 37.3 Å². The monoisotopic (exact) mass is 324 g/mol. The molecule has 0 atom stereocenters. The molecule has 23 heavy (non-hydrogen) atoms. The summed E-state index contributed by atoms with van der Waals surface area (Å²) in [6.45, 7) is 1.52. The highest BCUT2D eigenvalue weighted by Gasteiger charge is 2.30. The lowest BCUT2D eigenvalue weighted by atomic mass is 10.0. The molecule has 6 heteroatoms. The predicted molar refractivity (Wildman–Crippen MR) is 78.1 cm³/mol. The van der Waals surface area contributed by atoms with Gasteiger partial charge in [-0.15, -0.1) is 0 Å². The highest BCUT2D eigenvalue weighted by atomic mass is 19.4. The van der Waals surface area contributed by atoms with E-state index in [1.807, 2.05) is 0 Å². The standard InChI is InChI=1S/C17H12F4O2/c1-10-5-6-12(9-15(10)18)14(16(22)23)8-11-3-2-4-13(7-11)17(19,20)21/h2-9H,1H3,(H,22,23)/b14-8-. The summed E-state index contributed by atoms with van der Waals surface area (Å²) in [7, 11) is 0. The summed E-state index contributed by atoms with van der Waals surface area (Å²) in [4.78, 5) is 11.4. The Labute approximate surface area is 129 Å². The van der Waals surface area contributed by atoms with Crippen molar-refractivity contribution in [3.8, 4) is 0 Å². The number of hydrogen-bond acceptors (Lipinski definition) is 1. The third-order valence-electron chi connectivity index (χ3n) is 3.24. The number of aliphatic carboxylic acids is 1. The van der Waals surface area contributed by atoms with E-state index >= 15 is 0 Å². The first kappa shape index (κ1) is 16.7. The maximum atomic E-state index is 13.6. The average molecular weight is 324 g/mol. The number of alkyl halides is 3. The fraction of sp³-hybridized carbons (Fsp3) is 0.118. The zero-order chi connectivity index (χ0) is 17.2. The molecule has 0 radical (unpaired) electrons. The summed E-state index contributed by atoms with van der Waals surface area (Å²) in [5.74, 6) is -1.94. The number of carboxylic acids is 1. The van der Waals surface area contributed by atoms with E-state index in [0.717, 1.165) is 24.3 Å². The van der Waals surface area contributed by atoms with Gasteiger partial charge in [-0.25, -0.2) is 9.18 Å². The Morgan fingerprint density at radius 2 is 1.83 bits per heavy atom. The van der Waals surface area contributed by atoms with Gasteiger partial charge in [-0.2, -0.15) is 13.2 Å². The maximum absolute atomic E-state index is 13.6. The molecule has 0 unspecified atom stereocenters. The highest BCUT2D eigenvalue weighted by molar-refractivity contribution is 6.20. The summed E-state index contributed by atoms with van der Waals surface area (Å²) in [5, 5.41) is 9.26. The second kappa shape index (κ2) is 6.24. The van der Waals surface area contributed by atoms with Gasteiger partial charge in [0.05, 0.1) is 11.1 Å². The van der Waals surface area contributed by atoms with Crippen molar-refractivity contribution in [3.63, 3.8) is 0 Å². The minimum Gasteiger partial charge on any atom is -0.478 e. The zero-order valence-electron chi connectivity index (χ0n) is 12.0. The minimum absolute atomic E-state index is 0.0678. The molecular formula is C17H12F4O2. The summed E-state index contributed by atoms with van der Waals surface area (Å²) in [6.07, 6.45) is -3.44. The van der Waals surface area contributed by atoms with Gasteiger partial charge in [0.25, 0.3) is 0 Å². The fourth-order valence-electron chi connectivity index (χ4n) is 2.00. The number of halogens is 4. The Morgan fingerprint density at radius 3 is 2.39 bits per heavy atom. The molecule has 0 amide bonds. The second-order valence-corrected chi connectivity index (χ2v) is 4.95. The van der Waals surface area contributed by atoms with E-state index in [2.05, 4.69) is 0 Å². The molecule has 0 bridgehead atoms. The van der Waals surface area contributed by atoms with E-state index in [4.69, 9.17) is 0 Å². The largest absolute Gasteiger partial charge is 0.478 e. The SMILES string of the molecule is Cc1ccc(/C(=C/c2cccc(C(F)(F)F)c2)C(=O)O)cc1F. The molecular weight excluding hydrogens is 312 g/mol. The molecule has 120 valence electrons. The lowest BCUT2D eigenvalue weighted by Crippen LogP contribution is -2.05. The zero-order valence-corrected chi connectivity index (χ0v) is 12.0. The van der Waals surface area contributed by atoms with Crippen LogP contribution in [-0.2, 0) is 11.0 Å². The summed E-state index contributed by atoms with van der Waals surface area (Å²) in [6, 6.07) is 8.13. The van der Waals surface area contributed by atoms with Crippen molar-refractivity contribution >= 4 is 17.6 Å². The van der Waals surface area contributed by atoms with Gasteiger partial charge in [-0.05, 0) is 47.9 Å². The Balaban J connectivity index is 2.51. The molecule has 0 aliphatic rings. The summed E-state index contributed by atoms with van der Waals surface area (Å²) < 4.78 is 51.7. The highest BCUT2D eigenvalue weighted by Crippen LogP contribution is 2.30. The average Bonchev–Trinajstić information content (AvgIpc) is 2.47. The van der Waals surface area contributed by atoms with Crippen LogP contribution in [0.15, 0.2) is 42.5 Å². The lowest BCUT2D eigenvalue weighted by molar-refractivity contribution is -0.137. The normalized spacial score (nSPS) is 12.3. The molecule has 0 aliphatic heterocycles. The molecule has 2 aromatic carbocycles. The summed E-state index contributed by atoms with van der Waals surface area (Å²) >= 11 is 0. The van der Waals surface area contributed by atoms with Gasteiger partial charge in [0.2, 0.25) is 0 Å². The Bertz CT molecular complexity index is 776. The first-order valence-corrected chi connectivity index (χ1v) is 6.57. The molecule has 2 nitrogen and oxygen atoms in total. The van der Waals surface area contributed by atoms with Gasteiger partial charge >= 0.3 is 12.1 Å².